The molecule has 0 aliphatic carbocycles. The second-order valence-electron chi connectivity index (χ2n) is 9.86. The number of likely N-dealkylation sites (tertiary alicyclic amines) is 1. The van der Waals surface area contributed by atoms with E-state index in [1.54, 1.807) is 0 Å². The Bertz CT molecular complexity index is 558. The van der Waals surface area contributed by atoms with E-state index < -0.39 is 5.60 Å². The summed E-state index contributed by atoms with van der Waals surface area (Å²) in [5.41, 5.74) is 9.57. The zero-order valence-corrected chi connectivity index (χ0v) is 17.9. The van der Waals surface area contributed by atoms with Crippen LogP contribution in [0.25, 0.3) is 0 Å². The van der Waals surface area contributed by atoms with E-state index in [2.05, 4.69) is 21.6 Å². The first-order valence-corrected chi connectivity index (χ1v) is 11.1. The number of hydrogen-bond acceptors (Lipinski definition) is 8. The molecule has 4 rings (SSSR count). The summed E-state index contributed by atoms with van der Waals surface area (Å²) in [5, 5.41) is 3.66. The van der Waals surface area contributed by atoms with Gasteiger partial charge in [-0.3, -0.25) is 21.0 Å². The summed E-state index contributed by atoms with van der Waals surface area (Å²) in [5.74, 6) is 1.42. The summed E-state index contributed by atoms with van der Waals surface area (Å²) in [6.07, 6.45) is 4.00. The van der Waals surface area contributed by atoms with Crippen molar-refractivity contribution in [2.24, 2.45) is 17.8 Å². The average molecular weight is 412 g/mol. The van der Waals surface area contributed by atoms with Crippen LogP contribution >= 0.6 is 0 Å². The molecule has 0 saturated carbocycles. The maximum Gasteiger partial charge on any atom is 0.410 e. The standard InChI is InChI=1S/C20H37N5O4/c1-20(2,3)28-19(26)25-7-4-13(5-8-25)17-22-18(29-24-17)15-10-16(23-21-11-15)14-6-9-27-12-14/h13-18,21-24H,4-12H2,1-3H3. The molecule has 0 bridgehead atoms. The number of hydroxylamine groups is 1. The molecular formula is C20H37N5O4. The van der Waals surface area contributed by atoms with Crippen LogP contribution in [0.15, 0.2) is 0 Å². The van der Waals surface area contributed by atoms with Gasteiger partial charge in [0.15, 0.2) is 0 Å². The van der Waals surface area contributed by atoms with Crippen molar-refractivity contribution in [1.82, 2.24) is 26.5 Å². The lowest BCUT2D eigenvalue weighted by atomic mass is 9.87. The molecule has 29 heavy (non-hydrogen) atoms. The van der Waals surface area contributed by atoms with Crippen LogP contribution in [0.4, 0.5) is 4.79 Å². The van der Waals surface area contributed by atoms with E-state index in [0.717, 1.165) is 58.5 Å². The molecule has 4 fully saturated rings. The summed E-state index contributed by atoms with van der Waals surface area (Å²) >= 11 is 0. The fourth-order valence-corrected chi connectivity index (χ4v) is 4.80. The first-order valence-electron chi connectivity index (χ1n) is 11.1. The van der Waals surface area contributed by atoms with Crippen molar-refractivity contribution in [3.63, 3.8) is 0 Å². The molecule has 9 heteroatoms. The molecule has 0 aromatic heterocycles. The number of amides is 1. The highest BCUT2D eigenvalue weighted by molar-refractivity contribution is 5.68. The summed E-state index contributed by atoms with van der Waals surface area (Å²) < 4.78 is 11.1. The number of nitrogens with zero attached hydrogens (tertiary/aromatic N) is 1. The topological polar surface area (TPSA) is 96.1 Å². The van der Waals surface area contributed by atoms with Gasteiger partial charge in [-0.1, -0.05) is 0 Å². The third-order valence-corrected chi connectivity index (χ3v) is 6.50. The van der Waals surface area contributed by atoms with E-state index in [1.807, 2.05) is 25.7 Å². The number of carbonyl (C=O) groups is 1. The lowest BCUT2D eigenvalue weighted by molar-refractivity contribution is -0.0290. The minimum absolute atomic E-state index is 0.00306. The fourth-order valence-electron chi connectivity index (χ4n) is 4.80. The molecule has 0 aromatic rings. The van der Waals surface area contributed by atoms with Crippen LogP contribution in [-0.4, -0.2) is 67.9 Å². The van der Waals surface area contributed by atoms with E-state index >= 15 is 0 Å². The van der Waals surface area contributed by atoms with Crippen LogP contribution in [0.5, 0.6) is 0 Å². The van der Waals surface area contributed by atoms with Gasteiger partial charge in [-0.05, 0) is 52.4 Å². The molecule has 9 nitrogen and oxygen atoms in total. The highest BCUT2D eigenvalue weighted by Crippen LogP contribution is 2.28. The Kier molecular flexibility index (Phi) is 6.62. The third-order valence-electron chi connectivity index (χ3n) is 6.50. The maximum absolute atomic E-state index is 12.3. The van der Waals surface area contributed by atoms with Crippen molar-refractivity contribution < 1.29 is 19.1 Å². The van der Waals surface area contributed by atoms with Crippen molar-refractivity contribution in [2.75, 3.05) is 32.8 Å². The lowest BCUT2D eigenvalue weighted by Crippen LogP contribution is -2.57. The molecule has 166 valence electrons. The molecule has 4 aliphatic rings. The second-order valence-corrected chi connectivity index (χ2v) is 9.86. The molecular weight excluding hydrogens is 374 g/mol. The van der Waals surface area contributed by atoms with Gasteiger partial charge in [-0.2, -0.15) is 5.48 Å². The largest absolute Gasteiger partial charge is 0.444 e. The molecule has 0 aromatic carbocycles. The lowest BCUT2D eigenvalue weighted by Gasteiger charge is -2.37. The molecule has 4 saturated heterocycles. The quantitative estimate of drug-likeness (QED) is 0.545. The molecule has 0 radical (unpaired) electrons. The number of carbonyl (C=O) groups excluding carboxylic acids is 1. The second kappa shape index (κ2) is 9.03. The normalized spacial score (nSPS) is 37.1. The number of piperidine rings is 1. The Morgan fingerprint density at radius 3 is 2.59 bits per heavy atom. The number of hydrazine groups is 1. The Morgan fingerprint density at radius 1 is 1.10 bits per heavy atom. The van der Waals surface area contributed by atoms with E-state index in [1.165, 1.54) is 0 Å². The minimum Gasteiger partial charge on any atom is -0.444 e. The van der Waals surface area contributed by atoms with Crippen molar-refractivity contribution >= 4 is 6.09 Å². The van der Waals surface area contributed by atoms with E-state index in [-0.39, 0.29) is 18.5 Å². The van der Waals surface area contributed by atoms with Crippen molar-refractivity contribution in [1.29, 1.82) is 0 Å². The molecule has 4 aliphatic heterocycles. The highest BCUT2D eigenvalue weighted by Gasteiger charge is 2.40. The van der Waals surface area contributed by atoms with Gasteiger partial charge in [-0.15, -0.1) is 0 Å². The van der Waals surface area contributed by atoms with Crippen LogP contribution in [0, 0.1) is 17.8 Å². The van der Waals surface area contributed by atoms with Gasteiger partial charge in [0.2, 0.25) is 0 Å². The predicted molar refractivity (Wildman–Crippen MR) is 107 cm³/mol. The van der Waals surface area contributed by atoms with Crippen LogP contribution < -0.4 is 21.6 Å². The molecule has 5 atom stereocenters. The van der Waals surface area contributed by atoms with Gasteiger partial charge in [0.05, 0.1) is 12.8 Å². The van der Waals surface area contributed by atoms with Crippen molar-refractivity contribution in [3.8, 4) is 0 Å². The Morgan fingerprint density at radius 2 is 1.90 bits per heavy atom. The SMILES string of the molecule is CC(C)(C)OC(=O)N1CCC(C2NOC(C3CNNC(C4CCOC4)C3)N2)CC1. The number of rotatable bonds is 3. The fraction of sp³-hybridized carbons (Fsp3) is 0.950. The summed E-state index contributed by atoms with van der Waals surface area (Å²) in [6, 6.07) is 0.428. The molecule has 5 unspecified atom stereocenters. The van der Waals surface area contributed by atoms with Gasteiger partial charge < -0.3 is 14.4 Å². The van der Waals surface area contributed by atoms with E-state index in [0.29, 0.717) is 23.8 Å². The Balaban J connectivity index is 1.22. The first kappa shape index (κ1) is 21.3. The summed E-state index contributed by atoms with van der Waals surface area (Å²) in [6.45, 7) is 9.77. The highest BCUT2D eigenvalue weighted by atomic mass is 16.7. The minimum atomic E-state index is -0.449. The number of ether oxygens (including phenoxy) is 2. The Labute approximate surface area is 173 Å². The van der Waals surface area contributed by atoms with Gasteiger partial charge in [0, 0.05) is 44.1 Å². The summed E-state index contributed by atoms with van der Waals surface area (Å²) in [7, 11) is 0. The average Bonchev–Trinajstić information content (AvgIpc) is 3.39. The predicted octanol–water partition coefficient (Wildman–Crippen LogP) is 0.929. The van der Waals surface area contributed by atoms with Crippen molar-refractivity contribution in [3.05, 3.63) is 0 Å². The van der Waals surface area contributed by atoms with Crippen LogP contribution in [0.2, 0.25) is 0 Å². The molecule has 1 amide bonds. The zero-order chi connectivity index (χ0) is 20.4. The van der Waals surface area contributed by atoms with E-state index in [4.69, 9.17) is 14.3 Å². The van der Waals surface area contributed by atoms with Gasteiger partial charge in [0.1, 0.15) is 11.8 Å². The van der Waals surface area contributed by atoms with Crippen LogP contribution in [0.3, 0.4) is 0 Å². The molecule has 4 heterocycles. The smallest absolute Gasteiger partial charge is 0.410 e. The van der Waals surface area contributed by atoms with Crippen molar-refractivity contribution in [2.45, 2.75) is 70.5 Å². The van der Waals surface area contributed by atoms with E-state index in [9.17, 15) is 4.79 Å². The maximum atomic E-state index is 12.3. The third kappa shape index (κ3) is 5.39. The first-order chi connectivity index (χ1) is 13.9. The zero-order valence-electron chi connectivity index (χ0n) is 17.9. The number of nitrogens with one attached hydrogen (secondary N) is 4. The van der Waals surface area contributed by atoms with Crippen LogP contribution in [-0.2, 0) is 14.3 Å². The number of hydrogen-bond donors (Lipinski definition) is 4. The van der Waals surface area contributed by atoms with Crippen LogP contribution in [0.1, 0.15) is 46.5 Å². The van der Waals surface area contributed by atoms with Gasteiger partial charge >= 0.3 is 6.09 Å². The van der Waals surface area contributed by atoms with Gasteiger partial charge in [0.25, 0.3) is 0 Å². The molecule has 0 spiro atoms. The molecule has 4 N–H and O–H groups in total. The summed E-state index contributed by atoms with van der Waals surface area (Å²) in [4.78, 5) is 20.0. The Hall–Kier alpha value is -0.970. The monoisotopic (exact) mass is 411 g/mol. The van der Waals surface area contributed by atoms with Gasteiger partial charge in [-0.25, -0.2) is 4.79 Å².